The van der Waals surface area contributed by atoms with E-state index in [2.05, 4.69) is 9.46 Å². The van der Waals surface area contributed by atoms with E-state index in [4.69, 9.17) is 0 Å². The second-order valence-corrected chi connectivity index (χ2v) is 5.67. The summed E-state index contributed by atoms with van der Waals surface area (Å²) < 4.78 is 65.9. The van der Waals surface area contributed by atoms with Crippen LogP contribution in [0.1, 0.15) is 0 Å². The van der Waals surface area contributed by atoms with Crippen molar-refractivity contribution in [3.8, 4) is 5.75 Å². The molecule has 0 atom stereocenters. The van der Waals surface area contributed by atoms with Gasteiger partial charge in [-0.05, 0) is 36.4 Å². The lowest BCUT2D eigenvalue weighted by atomic mass is 10.3. The fraction of sp³-hybridized carbons (Fsp3) is 0.0769. The third kappa shape index (κ3) is 4.38. The van der Waals surface area contributed by atoms with Crippen molar-refractivity contribution in [1.82, 2.24) is 0 Å². The summed E-state index contributed by atoms with van der Waals surface area (Å²) in [6.07, 6.45) is -4.79. The van der Waals surface area contributed by atoms with Crippen LogP contribution in [0.15, 0.2) is 59.5 Å². The molecule has 0 unspecified atom stereocenters. The first kappa shape index (κ1) is 15.2. The Bertz CT molecular complexity index is 698. The van der Waals surface area contributed by atoms with E-state index < -0.39 is 22.1 Å². The second-order valence-electron chi connectivity index (χ2n) is 3.99. The molecule has 0 fully saturated rings. The Hall–Kier alpha value is -2.22. The highest BCUT2D eigenvalue weighted by Gasteiger charge is 2.31. The molecular formula is C13H10F3NO3S. The molecule has 0 amide bonds. The Labute approximate surface area is 119 Å². The first-order chi connectivity index (χ1) is 9.76. The third-order valence-electron chi connectivity index (χ3n) is 2.39. The number of rotatable bonds is 4. The summed E-state index contributed by atoms with van der Waals surface area (Å²) in [7, 11) is -3.77. The van der Waals surface area contributed by atoms with Crippen LogP contribution in [-0.2, 0) is 10.0 Å². The molecule has 0 radical (unpaired) electrons. The number of alkyl halides is 3. The van der Waals surface area contributed by atoms with Crippen molar-refractivity contribution in [2.75, 3.05) is 4.72 Å². The van der Waals surface area contributed by atoms with Crippen LogP contribution in [0, 0.1) is 0 Å². The van der Waals surface area contributed by atoms with Gasteiger partial charge in [-0.15, -0.1) is 13.2 Å². The summed E-state index contributed by atoms with van der Waals surface area (Å²) in [6, 6.07) is 12.0. The van der Waals surface area contributed by atoms with E-state index in [1.54, 1.807) is 18.2 Å². The van der Waals surface area contributed by atoms with Crippen LogP contribution in [0.4, 0.5) is 18.9 Å². The number of anilines is 1. The quantitative estimate of drug-likeness (QED) is 0.940. The van der Waals surface area contributed by atoms with Crippen LogP contribution in [-0.4, -0.2) is 14.8 Å². The van der Waals surface area contributed by atoms with Crippen LogP contribution in [0.25, 0.3) is 0 Å². The molecular weight excluding hydrogens is 307 g/mol. The molecule has 1 N–H and O–H groups in total. The number of hydrogen-bond acceptors (Lipinski definition) is 3. The molecule has 8 heteroatoms. The van der Waals surface area contributed by atoms with Gasteiger partial charge in [-0.3, -0.25) is 4.72 Å². The largest absolute Gasteiger partial charge is 0.573 e. The standard InChI is InChI=1S/C13H10F3NO3S/c14-13(15,16)20-11-8-6-10(7-9-11)17-21(18,19)12-4-2-1-3-5-12/h1-9,17H. The molecule has 0 aliphatic rings. The van der Waals surface area contributed by atoms with Crippen molar-refractivity contribution in [3.63, 3.8) is 0 Å². The van der Waals surface area contributed by atoms with Gasteiger partial charge >= 0.3 is 6.36 Å². The molecule has 21 heavy (non-hydrogen) atoms. The highest BCUT2D eigenvalue weighted by molar-refractivity contribution is 7.92. The van der Waals surface area contributed by atoms with E-state index in [0.29, 0.717) is 0 Å². The van der Waals surface area contributed by atoms with Crippen molar-refractivity contribution in [1.29, 1.82) is 0 Å². The molecule has 112 valence electrons. The minimum atomic E-state index is -4.79. The van der Waals surface area contributed by atoms with Gasteiger partial charge in [0.1, 0.15) is 5.75 Å². The molecule has 4 nitrogen and oxygen atoms in total. The van der Waals surface area contributed by atoms with Crippen LogP contribution < -0.4 is 9.46 Å². The SMILES string of the molecule is O=S(=O)(Nc1ccc(OC(F)(F)F)cc1)c1ccccc1. The zero-order valence-electron chi connectivity index (χ0n) is 10.5. The van der Waals surface area contributed by atoms with E-state index >= 15 is 0 Å². The lowest BCUT2D eigenvalue weighted by molar-refractivity contribution is -0.274. The van der Waals surface area contributed by atoms with Crippen molar-refractivity contribution >= 4 is 15.7 Å². The van der Waals surface area contributed by atoms with Crippen molar-refractivity contribution in [2.45, 2.75) is 11.3 Å². The van der Waals surface area contributed by atoms with Gasteiger partial charge in [-0.25, -0.2) is 8.42 Å². The summed E-state index contributed by atoms with van der Waals surface area (Å²) in [5.74, 6) is -0.426. The number of benzene rings is 2. The van der Waals surface area contributed by atoms with Gasteiger partial charge in [0, 0.05) is 5.69 Å². The first-order valence-corrected chi connectivity index (χ1v) is 7.18. The summed E-state index contributed by atoms with van der Waals surface area (Å²) >= 11 is 0. The van der Waals surface area contributed by atoms with Crippen LogP contribution >= 0.6 is 0 Å². The fourth-order valence-electron chi connectivity index (χ4n) is 1.54. The average molecular weight is 317 g/mol. The Kier molecular flexibility index (Phi) is 4.08. The Balaban J connectivity index is 2.14. The lowest BCUT2D eigenvalue weighted by Gasteiger charge is -2.10. The molecule has 0 saturated heterocycles. The molecule has 0 aliphatic carbocycles. The van der Waals surface area contributed by atoms with Crippen molar-refractivity contribution in [2.24, 2.45) is 0 Å². The minimum absolute atomic E-state index is 0.0561. The van der Waals surface area contributed by atoms with Crippen LogP contribution in [0.5, 0.6) is 5.75 Å². The fourth-order valence-corrected chi connectivity index (χ4v) is 2.62. The monoisotopic (exact) mass is 317 g/mol. The van der Waals surface area contributed by atoms with E-state index in [9.17, 15) is 21.6 Å². The van der Waals surface area contributed by atoms with E-state index in [1.807, 2.05) is 0 Å². The van der Waals surface area contributed by atoms with E-state index in [-0.39, 0.29) is 10.6 Å². The van der Waals surface area contributed by atoms with Crippen molar-refractivity contribution in [3.05, 3.63) is 54.6 Å². The number of sulfonamides is 1. The predicted octanol–water partition coefficient (Wildman–Crippen LogP) is 3.39. The number of nitrogens with one attached hydrogen (secondary N) is 1. The summed E-state index contributed by atoms with van der Waals surface area (Å²) in [5, 5.41) is 0. The maximum Gasteiger partial charge on any atom is 0.573 e. The third-order valence-corrected chi connectivity index (χ3v) is 3.79. The van der Waals surface area contributed by atoms with Gasteiger partial charge in [-0.1, -0.05) is 18.2 Å². The molecule has 0 aliphatic heterocycles. The van der Waals surface area contributed by atoms with Crippen LogP contribution in [0.3, 0.4) is 0 Å². The topological polar surface area (TPSA) is 55.4 Å². The molecule has 0 saturated carbocycles. The van der Waals surface area contributed by atoms with Gasteiger partial charge in [0.2, 0.25) is 0 Å². The zero-order chi connectivity index (χ0) is 15.5. The Morgan fingerprint density at radius 1 is 0.905 bits per heavy atom. The Morgan fingerprint density at radius 2 is 1.48 bits per heavy atom. The number of halogens is 3. The normalized spacial score (nSPS) is 12.0. The van der Waals surface area contributed by atoms with Gasteiger partial charge in [0.15, 0.2) is 0 Å². The van der Waals surface area contributed by atoms with Gasteiger partial charge in [0.05, 0.1) is 4.90 Å². The molecule has 2 aromatic rings. The maximum atomic E-state index is 12.0. The zero-order valence-corrected chi connectivity index (χ0v) is 11.3. The highest BCUT2D eigenvalue weighted by atomic mass is 32.2. The summed E-state index contributed by atoms with van der Waals surface area (Å²) in [4.78, 5) is 0.0561. The predicted molar refractivity (Wildman–Crippen MR) is 70.4 cm³/mol. The first-order valence-electron chi connectivity index (χ1n) is 5.70. The second kappa shape index (κ2) is 5.65. The maximum absolute atomic E-state index is 12.0. The molecule has 2 rings (SSSR count). The molecule has 0 spiro atoms. The van der Waals surface area contributed by atoms with E-state index in [0.717, 1.165) is 12.1 Å². The lowest BCUT2D eigenvalue weighted by Crippen LogP contribution is -2.17. The Morgan fingerprint density at radius 3 is 2.00 bits per heavy atom. The van der Waals surface area contributed by atoms with Crippen LogP contribution in [0.2, 0.25) is 0 Å². The highest BCUT2D eigenvalue weighted by Crippen LogP contribution is 2.24. The van der Waals surface area contributed by atoms with Gasteiger partial charge in [0.25, 0.3) is 10.0 Å². The molecule has 0 aromatic heterocycles. The smallest absolute Gasteiger partial charge is 0.406 e. The van der Waals surface area contributed by atoms with Crippen molar-refractivity contribution < 1.29 is 26.3 Å². The summed E-state index contributed by atoms with van der Waals surface area (Å²) in [6.45, 7) is 0. The average Bonchev–Trinajstić information content (AvgIpc) is 2.40. The molecule has 0 bridgehead atoms. The number of ether oxygens (including phenoxy) is 1. The summed E-state index contributed by atoms with van der Waals surface area (Å²) in [5.41, 5.74) is 0.133. The van der Waals surface area contributed by atoms with Gasteiger partial charge in [-0.2, -0.15) is 0 Å². The molecule has 2 aromatic carbocycles. The number of hydrogen-bond donors (Lipinski definition) is 1. The molecule has 0 heterocycles. The minimum Gasteiger partial charge on any atom is -0.406 e. The van der Waals surface area contributed by atoms with E-state index in [1.165, 1.54) is 24.3 Å². The van der Waals surface area contributed by atoms with Gasteiger partial charge < -0.3 is 4.74 Å².